The van der Waals surface area contributed by atoms with Crippen molar-refractivity contribution in [2.24, 2.45) is 5.73 Å². The molecule has 0 saturated carbocycles. The lowest BCUT2D eigenvalue weighted by atomic mass is 10.4. The molecule has 0 aromatic carbocycles. The van der Waals surface area contributed by atoms with Gasteiger partial charge in [0.05, 0.1) is 6.54 Å². The van der Waals surface area contributed by atoms with Crippen LogP contribution in [-0.4, -0.2) is 27.2 Å². The Balaban J connectivity index is 2.22. The minimum atomic E-state index is -0.809. The number of imidazole rings is 1. The van der Waals surface area contributed by atoms with Crippen molar-refractivity contribution in [3.8, 4) is 0 Å². The molecule has 0 unspecified atom stereocenters. The van der Waals surface area contributed by atoms with Crippen LogP contribution in [0.2, 0.25) is 0 Å². The maximum atomic E-state index is 10.4. The van der Waals surface area contributed by atoms with E-state index < -0.39 is 6.09 Å². The van der Waals surface area contributed by atoms with E-state index in [1.165, 1.54) is 0 Å². The Morgan fingerprint density at radius 3 is 3.12 bits per heavy atom. The monoisotopic (exact) mass is 221 g/mol. The molecule has 0 aliphatic carbocycles. The summed E-state index contributed by atoms with van der Waals surface area (Å²) in [5, 5.41) is 0. The number of anilines is 1. The number of ether oxygens (including phenoxy) is 1. The van der Waals surface area contributed by atoms with E-state index in [4.69, 9.17) is 11.5 Å². The van der Waals surface area contributed by atoms with E-state index in [-0.39, 0.29) is 6.61 Å². The molecule has 16 heavy (non-hydrogen) atoms. The number of nitrogens with two attached hydrogens (primary N) is 2. The Morgan fingerprint density at radius 1 is 1.56 bits per heavy atom. The van der Waals surface area contributed by atoms with Crippen molar-refractivity contribution < 1.29 is 9.53 Å². The summed E-state index contributed by atoms with van der Waals surface area (Å²) >= 11 is 0. The van der Waals surface area contributed by atoms with Crippen molar-refractivity contribution in [2.45, 2.75) is 6.54 Å². The first-order valence-corrected chi connectivity index (χ1v) is 4.67. The number of carbonyl (C=O) groups excluding carboxylic acids is 1. The number of amides is 1. The minimum absolute atomic E-state index is 0.140. The highest BCUT2D eigenvalue weighted by molar-refractivity contribution is 5.73. The van der Waals surface area contributed by atoms with Gasteiger partial charge in [-0.1, -0.05) is 0 Å². The highest BCUT2D eigenvalue weighted by Gasteiger charge is 2.08. The number of primary amides is 1. The molecule has 0 aliphatic rings. The SMILES string of the molecule is NC(=O)OCCn1c(N)nc2cccnc21. The molecular weight excluding hydrogens is 210 g/mol. The van der Waals surface area contributed by atoms with Crippen molar-refractivity contribution in [2.75, 3.05) is 12.3 Å². The summed E-state index contributed by atoms with van der Waals surface area (Å²) < 4.78 is 6.29. The Kier molecular flexibility index (Phi) is 2.59. The number of carbonyl (C=O) groups is 1. The standard InChI is InChI=1S/C9H11N5O2/c10-8-13-6-2-1-3-12-7(6)14(8)4-5-16-9(11)15/h1-3H,4-5H2,(H2,10,13)(H2,11,15). The van der Waals surface area contributed by atoms with Crippen LogP contribution in [0.15, 0.2) is 18.3 Å². The summed E-state index contributed by atoms with van der Waals surface area (Å²) in [6, 6.07) is 3.59. The predicted octanol–water partition coefficient (Wildman–Crippen LogP) is 0.109. The fourth-order valence-corrected chi connectivity index (χ4v) is 1.43. The van der Waals surface area contributed by atoms with E-state index in [1.54, 1.807) is 16.8 Å². The lowest BCUT2D eigenvalue weighted by molar-refractivity contribution is 0.153. The van der Waals surface area contributed by atoms with Crippen LogP contribution in [0.4, 0.5) is 10.7 Å². The van der Waals surface area contributed by atoms with E-state index in [2.05, 4.69) is 14.7 Å². The third-order valence-corrected chi connectivity index (χ3v) is 2.09. The zero-order valence-corrected chi connectivity index (χ0v) is 8.46. The van der Waals surface area contributed by atoms with Crippen LogP contribution in [0.5, 0.6) is 0 Å². The molecule has 0 radical (unpaired) electrons. The van der Waals surface area contributed by atoms with Gasteiger partial charge in [-0.15, -0.1) is 0 Å². The molecule has 84 valence electrons. The zero-order chi connectivity index (χ0) is 11.5. The average molecular weight is 221 g/mol. The van der Waals surface area contributed by atoms with Gasteiger partial charge in [-0.05, 0) is 12.1 Å². The molecular formula is C9H11N5O2. The molecule has 7 heteroatoms. The molecule has 7 nitrogen and oxygen atoms in total. The molecule has 2 rings (SSSR count). The second-order valence-electron chi connectivity index (χ2n) is 3.14. The molecule has 2 aromatic rings. The van der Waals surface area contributed by atoms with Gasteiger partial charge >= 0.3 is 6.09 Å². The van der Waals surface area contributed by atoms with Crippen LogP contribution in [0.3, 0.4) is 0 Å². The number of nitrogen functional groups attached to an aromatic ring is 1. The summed E-state index contributed by atoms with van der Waals surface area (Å²) in [5.41, 5.74) is 11.9. The number of fused-ring (bicyclic) bond motifs is 1. The van der Waals surface area contributed by atoms with Gasteiger partial charge in [-0.25, -0.2) is 14.8 Å². The van der Waals surface area contributed by atoms with E-state index in [0.717, 1.165) is 0 Å². The summed E-state index contributed by atoms with van der Waals surface area (Å²) in [6.45, 7) is 0.518. The van der Waals surface area contributed by atoms with E-state index in [1.807, 2.05) is 6.07 Å². The summed E-state index contributed by atoms with van der Waals surface area (Å²) in [7, 11) is 0. The van der Waals surface area contributed by atoms with Crippen molar-refractivity contribution >= 4 is 23.2 Å². The number of aromatic nitrogens is 3. The van der Waals surface area contributed by atoms with Crippen LogP contribution in [0, 0.1) is 0 Å². The van der Waals surface area contributed by atoms with E-state index in [9.17, 15) is 4.79 Å². The second kappa shape index (κ2) is 4.05. The fourth-order valence-electron chi connectivity index (χ4n) is 1.43. The van der Waals surface area contributed by atoms with Crippen molar-refractivity contribution in [3.63, 3.8) is 0 Å². The molecule has 1 amide bonds. The van der Waals surface area contributed by atoms with Gasteiger partial charge in [-0.2, -0.15) is 0 Å². The van der Waals surface area contributed by atoms with Crippen LogP contribution in [0.1, 0.15) is 0 Å². The van der Waals surface area contributed by atoms with Crippen LogP contribution in [-0.2, 0) is 11.3 Å². The average Bonchev–Trinajstić information content (AvgIpc) is 2.55. The number of pyridine rings is 1. The van der Waals surface area contributed by atoms with Crippen molar-refractivity contribution in [3.05, 3.63) is 18.3 Å². The van der Waals surface area contributed by atoms with Crippen LogP contribution < -0.4 is 11.5 Å². The first-order chi connectivity index (χ1) is 7.68. The third kappa shape index (κ3) is 1.88. The smallest absolute Gasteiger partial charge is 0.404 e. The molecule has 0 bridgehead atoms. The zero-order valence-electron chi connectivity index (χ0n) is 8.46. The maximum absolute atomic E-state index is 10.4. The van der Waals surface area contributed by atoms with Crippen LogP contribution in [0.25, 0.3) is 11.2 Å². The number of hydrogen-bond acceptors (Lipinski definition) is 5. The lowest BCUT2D eigenvalue weighted by Crippen LogP contribution is -2.17. The van der Waals surface area contributed by atoms with E-state index in [0.29, 0.717) is 23.7 Å². The molecule has 0 fully saturated rings. The van der Waals surface area contributed by atoms with E-state index >= 15 is 0 Å². The number of hydrogen-bond donors (Lipinski definition) is 2. The molecule has 0 atom stereocenters. The van der Waals surface area contributed by atoms with Gasteiger partial charge in [0.15, 0.2) is 5.65 Å². The van der Waals surface area contributed by atoms with Crippen molar-refractivity contribution in [1.82, 2.24) is 14.5 Å². The first-order valence-electron chi connectivity index (χ1n) is 4.67. The Bertz CT molecular complexity index is 522. The molecule has 0 spiro atoms. The van der Waals surface area contributed by atoms with Gasteiger partial charge in [-0.3, -0.25) is 4.57 Å². The maximum Gasteiger partial charge on any atom is 0.404 e. The number of rotatable bonds is 3. The summed E-state index contributed by atoms with van der Waals surface area (Å²) in [5.74, 6) is 0.335. The normalized spacial score (nSPS) is 10.5. The highest BCUT2D eigenvalue weighted by atomic mass is 16.5. The fraction of sp³-hybridized carbons (Fsp3) is 0.222. The largest absolute Gasteiger partial charge is 0.448 e. The molecule has 0 saturated heterocycles. The molecule has 0 aliphatic heterocycles. The third-order valence-electron chi connectivity index (χ3n) is 2.09. The summed E-state index contributed by atoms with van der Waals surface area (Å²) in [4.78, 5) is 18.7. The lowest BCUT2D eigenvalue weighted by Gasteiger charge is -2.05. The number of nitrogens with zero attached hydrogens (tertiary/aromatic N) is 3. The first kappa shape index (κ1) is 10.2. The molecule has 4 N–H and O–H groups in total. The quantitative estimate of drug-likeness (QED) is 0.764. The molecule has 2 heterocycles. The van der Waals surface area contributed by atoms with Gasteiger partial charge < -0.3 is 16.2 Å². The Morgan fingerprint density at radius 2 is 2.38 bits per heavy atom. The van der Waals surface area contributed by atoms with Crippen molar-refractivity contribution in [1.29, 1.82) is 0 Å². The predicted molar refractivity (Wildman–Crippen MR) is 57.5 cm³/mol. The Hall–Kier alpha value is -2.31. The summed E-state index contributed by atoms with van der Waals surface area (Å²) in [6.07, 6.45) is 0.838. The topological polar surface area (TPSA) is 109 Å². The Labute approximate surface area is 91.0 Å². The van der Waals surface area contributed by atoms with Crippen LogP contribution >= 0.6 is 0 Å². The van der Waals surface area contributed by atoms with Gasteiger partial charge in [0.1, 0.15) is 12.1 Å². The molecule has 2 aromatic heterocycles. The van der Waals surface area contributed by atoms with Gasteiger partial charge in [0, 0.05) is 6.20 Å². The van der Waals surface area contributed by atoms with Gasteiger partial charge in [0.25, 0.3) is 0 Å². The second-order valence-corrected chi connectivity index (χ2v) is 3.14. The van der Waals surface area contributed by atoms with Gasteiger partial charge in [0.2, 0.25) is 5.95 Å². The highest BCUT2D eigenvalue weighted by Crippen LogP contribution is 2.14. The minimum Gasteiger partial charge on any atom is -0.448 e.